The Bertz CT molecular complexity index is 1250. The average molecular weight is 715 g/mol. The van der Waals surface area contributed by atoms with Crippen molar-refractivity contribution >= 4 is 31.1 Å². The summed E-state index contributed by atoms with van der Waals surface area (Å²) in [5.74, 6) is 0. The molecular formula is C38H52HfSi-2. The largest absolute Gasteiger partial charge is 0.165 e. The van der Waals surface area contributed by atoms with Crippen molar-refractivity contribution in [3.63, 3.8) is 0 Å². The Balaban J connectivity index is 0.000000197. The molecule has 0 nitrogen and oxygen atoms in total. The number of rotatable bonds is 0. The van der Waals surface area contributed by atoms with Gasteiger partial charge in [0.25, 0.3) is 0 Å². The average Bonchev–Trinajstić information content (AvgIpc) is 3.39. The zero-order chi connectivity index (χ0) is 29.0. The van der Waals surface area contributed by atoms with Crippen LogP contribution in [0.1, 0.15) is 114 Å². The first-order valence-corrected chi connectivity index (χ1v) is 17.0. The van der Waals surface area contributed by atoms with E-state index in [1.165, 1.54) is 58.4 Å². The summed E-state index contributed by atoms with van der Waals surface area (Å²) in [6.07, 6.45) is 5.16. The third-order valence-corrected chi connectivity index (χ3v) is 9.65. The predicted octanol–water partition coefficient (Wildman–Crippen LogP) is 11.2. The predicted molar refractivity (Wildman–Crippen MR) is 177 cm³/mol. The summed E-state index contributed by atoms with van der Waals surface area (Å²) in [6.45, 7) is 27.8. The molecule has 0 saturated carbocycles. The monoisotopic (exact) mass is 716 g/mol. The van der Waals surface area contributed by atoms with Crippen molar-refractivity contribution < 1.29 is 25.8 Å². The molecule has 0 aliphatic heterocycles. The van der Waals surface area contributed by atoms with Crippen LogP contribution < -0.4 is 0 Å². The molecule has 0 saturated heterocycles. The molecule has 2 aliphatic carbocycles. The smallest absolute Gasteiger partial charge is 0.0307 e. The second kappa shape index (κ2) is 11.8. The number of fused-ring (bicyclic) bond motifs is 4. The van der Waals surface area contributed by atoms with Crippen molar-refractivity contribution in [1.82, 2.24) is 0 Å². The van der Waals surface area contributed by atoms with Gasteiger partial charge < -0.3 is 0 Å². The molecule has 2 radical (unpaired) electrons. The Morgan fingerprint density at radius 2 is 0.750 bits per heavy atom. The van der Waals surface area contributed by atoms with Crippen LogP contribution in [0.5, 0.6) is 0 Å². The standard InChI is InChI=1S/2C18H23.C2H6Si.Hf/c2*1-12-8-13-10-15-16(11-14(13)9-12)18(4,5)7-6-17(15,2)3;1-3-2;/h2*8-11H,6-7H2,1-5H3;1-2H3;/q2*-1;;. The van der Waals surface area contributed by atoms with Gasteiger partial charge >= 0.3 is 0 Å². The number of hydrogen-bond donors (Lipinski definition) is 0. The maximum Gasteiger partial charge on any atom is 0.0307 e. The van der Waals surface area contributed by atoms with E-state index in [2.05, 4.69) is 131 Å². The molecule has 0 N–H and O–H groups in total. The van der Waals surface area contributed by atoms with Gasteiger partial charge in [-0.25, -0.2) is 0 Å². The summed E-state index contributed by atoms with van der Waals surface area (Å²) in [5.41, 5.74) is 10.3. The molecule has 0 atom stereocenters. The Hall–Kier alpha value is -1.25. The quantitative estimate of drug-likeness (QED) is 0.126. The van der Waals surface area contributed by atoms with E-state index in [1.807, 2.05) is 0 Å². The molecule has 6 rings (SSSR count). The molecule has 4 aromatic rings. The van der Waals surface area contributed by atoms with Gasteiger partial charge in [-0.1, -0.05) is 105 Å². The van der Waals surface area contributed by atoms with E-state index in [-0.39, 0.29) is 25.8 Å². The fraction of sp³-hybridized carbons (Fsp3) is 0.526. The van der Waals surface area contributed by atoms with Gasteiger partial charge in [-0.3, -0.25) is 0 Å². The molecule has 2 heteroatoms. The minimum absolute atomic E-state index is 0. The second-order valence-electron chi connectivity index (χ2n) is 15.2. The molecule has 0 aromatic heterocycles. The molecule has 0 amide bonds. The summed E-state index contributed by atoms with van der Waals surface area (Å²) in [7, 11) is 1.08. The fourth-order valence-corrected chi connectivity index (χ4v) is 6.86. The van der Waals surface area contributed by atoms with Crippen LogP contribution in [0.2, 0.25) is 13.1 Å². The van der Waals surface area contributed by atoms with E-state index >= 15 is 0 Å². The molecule has 0 bridgehead atoms. The number of benzene rings is 2. The van der Waals surface area contributed by atoms with Crippen molar-refractivity contribution in [2.75, 3.05) is 0 Å². The van der Waals surface area contributed by atoms with Gasteiger partial charge in [0, 0.05) is 35.4 Å². The number of hydrogen-bond acceptors (Lipinski definition) is 0. The second-order valence-corrected chi connectivity index (χ2v) is 16.2. The van der Waals surface area contributed by atoms with Crippen molar-refractivity contribution in [1.29, 1.82) is 0 Å². The van der Waals surface area contributed by atoms with E-state index in [9.17, 15) is 0 Å². The van der Waals surface area contributed by atoms with Crippen LogP contribution in [-0.4, -0.2) is 9.52 Å². The molecule has 0 spiro atoms. The molecule has 0 heterocycles. The normalized spacial score (nSPS) is 19.3. The van der Waals surface area contributed by atoms with E-state index in [0.29, 0.717) is 21.7 Å². The van der Waals surface area contributed by atoms with Crippen LogP contribution >= 0.6 is 0 Å². The van der Waals surface area contributed by atoms with Crippen molar-refractivity contribution in [2.45, 2.75) is 130 Å². The summed E-state index contributed by atoms with van der Waals surface area (Å²) >= 11 is 0. The molecule has 0 unspecified atom stereocenters. The van der Waals surface area contributed by atoms with Crippen molar-refractivity contribution in [3.05, 3.63) is 81.9 Å². The van der Waals surface area contributed by atoms with Gasteiger partial charge in [-0.15, -0.1) is 69.1 Å². The van der Waals surface area contributed by atoms with Crippen molar-refractivity contribution in [3.8, 4) is 0 Å². The summed E-state index contributed by atoms with van der Waals surface area (Å²) in [4.78, 5) is 0. The van der Waals surface area contributed by atoms with Crippen LogP contribution in [-0.2, 0) is 47.5 Å². The van der Waals surface area contributed by atoms with Crippen LogP contribution in [0.4, 0.5) is 0 Å². The van der Waals surface area contributed by atoms with Crippen LogP contribution in [0.3, 0.4) is 0 Å². The first kappa shape index (κ1) is 33.3. The van der Waals surface area contributed by atoms with Crippen LogP contribution in [0.15, 0.2) is 48.5 Å². The van der Waals surface area contributed by atoms with Crippen LogP contribution in [0.25, 0.3) is 21.5 Å². The summed E-state index contributed by atoms with van der Waals surface area (Å²) in [5, 5.41) is 5.66. The summed E-state index contributed by atoms with van der Waals surface area (Å²) < 4.78 is 0. The third kappa shape index (κ3) is 6.54. The van der Waals surface area contributed by atoms with Gasteiger partial charge in [-0.2, -0.15) is 12.1 Å². The van der Waals surface area contributed by atoms with E-state index in [0.717, 1.165) is 9.52 Å². The van der Waals surface area contributed by atoms with Gasteiger partial charge in [-0.05, 0) is 47.3 Å². The van der Waals surface area contributed by atoms with Gasteiger partial charge in [0.15, 0.2) is 0 Å². The number of aryl methyl sites for hydroxylation is 2. The molecule has 214 valence electrons. The molecule has 40 heavy (non-hydrogen) atoms. The Morgan fingerprint density at radius 3 is 1.02 bits per heavy atom. The Kier molecular flexibility index (Phi) is 9.80. The Morgan fingerprint density at radius 1 is 0.500 bits per heavy atom. The first-order chi connectivity index (χ1) is 18.0. The minimum Gasteiger partial charge on any atom is -0.165 e. The van der Waals surface area contributed by atoms with Gasteiger partial charge in [0.1, 0.15) is 0 Å². The van der Waals surface area contributed by atoms with Crippen molar-refractivity contribution in [2.24, 2.45) is 0 Å². The van der Waals surface area contributed by atoms with E-state index in [4.69, 9.17) is 0 Å². The fourth-order valence-electron chi connectivity index (χ4n) is 6.86. The summed E-state index contributed by atoms with van der Waals surface area (Å²) in [6, 6.07) is 19.0. The van der Waals surface area contributed by atoms with Gasteiger partial charge in [0.2, 0.25) is 0 Å². The van der Waals surface area contributed by atoms with Gasteiger partial charge in [0.05, 0.1) is 0 Å². The zero-order valence-corrected chi connectivity index (χ0v) is 32.0. The maximum atomic E-state index is 2.44. The first-order valence-electron chi connectivity index (χ1n) is 15.0. The third-order valence-electron chi connectivity index (χ3n) is 9.65. The van der Waals surface area contributed by atoms with Crippen LogP contribution in [0, 0.1) is 13.8 Å². The zero-order valence-electron chi connectivity index (χ0n) is 27.4. The molecule has 2 aliphatic rings. The van der Waals surface area contributed by atoms with E-state index in [1.54, 1.807) is 22.3 Å². The Labute approximate surface area is 267 Å². The molecular weight excluding hydrogens is 663 g/mol. The molecule has 0 fully saturated rings. The topological polar surface area (TPSA) is 0 Å². The maximum absolute atomic E-state index is 2.44. The SMILES string of the molecule is C[Si]C.Cc1cc2cc3c(cc2[cH-]1)C(C)(C)CCC3(C)C.Cc1cc2cc3c(cc2[cH-]1)C(C)(C)CCC3(C)C.[Hf]. The minimum atomic E-state index is 0. The van der Waals surface area contributed by atoms with E-state index < -0.39 is 0 Å². The molecule has 4 aromatic carbocycles.